The van der Waals surface area contributed by atoms with Crippen LogP contribution in [0.5, 0.6) is 0 Å². The highest BCUT2D eigenvalue weighted by Crippen LogP contribution is 2.42. The number of hydrogen-bond donors (Lipinski definition) is 0. The van der Waals surface area contributed by atoms with Crippen molar-refractivity contribution in [1.82, 2.24) is 4.90 Å². The van der Waals surface area contributed by atoms with Gasteiger partial charge in [-0.25, -0.2) is 9.69 Å². The first kappa shape index (κ1) is 21.6. The molecule has 0 N–H and O–H groups in total. The Morgan fingerprint density at radius 3 is 2.11 bits per heavy atom. The van der Waals surface area contributed by atoms with Crippen molar-refractivity contribution in [2.45, 2.75) is 83.8 Å². The Morgan fingerprint density at radius 1 is 1.07 bits per heavy atom. The third-order valence-corrected chi connectivity index (χ3v) is 9.77. The fourth-order valence-electron chi connectivity index (χ4n) is 2.84. The molecular weight excluding hydrogens is 358 g/mol. The van der Waals surface area contributed by atoms with Gasteiger partial charge in [-0.15, -0.1) is 0 Å². The molecular formula is C21H33NO4Si. The Labute approximate surface area is 164 Å². The van der Waals surface area contributed by atoms with Gasteiger partial charge in [0, 0.05) is 6.42 Å². The molecule has 150 valence electrons. The van der Waals surface area contributed by atoms with Crippen LogP contribution in [-0.4, -0.2) is 36.9 Å². The van der Waals surface area contributed by atoms with Gasteiger partial charge in [0.1, 0.15) is 11.7 Å². The van der Waals surface area contributed by atoms with Gasteiger partial charge < -0.3 is 9.16 Å². The molecule has 0 bridgehead atoms. The maximum atomic E-state index is 13.1. The Morgan fingerprint density at radius 2 is 1.63 bits per heavy atom. The molecule has 0 saturated carbocycles. The Bertz CT molecular complexity index is 688. The molecule has 2 amide bonds. The van der Waals surface area contributed by atoms with E-state index in [0.29, 0.717) is 6.42 Å². The van der Waals surface area contributed by atoms with E-state index in [9.17, 15) is 9.59 Å². The molecule has 1 aliphatic rings. The maximum absolute atomic E-state index is 13.1. The number of rotatable bonds is 3. The van der Waals surface area contributed by atoms with E-state index in [-0.39, 0.29) is 17.0 Å². The highest BCUT2D eigenvalue weighted by Gasteiger charge is 2.50. The standard InChI is InChI=1S/C21H33NO4Si/c1-20(2,3)25-19(24)22-16(15-12-10-9-11-13-15)14-17(18(22)23)26-27(7,8)21(4,5)6/h9-13,16-17H,14H2,1-8H3/t16-,17-/m1/s1. The fraction of sp³-hybridized carbons (Fsp3) is 0.619. The lowest BCUT2D eigenvalue weighted by molar-refractivity contribution is -0.133. The van der Waals surface area contributed by atoms with Gasteiger partial charge in [0.05, 0.1) is 6.04 Å². The van der Waals surface area contributed by atoms with Crippen molar-refractivity contribution in [3.8, 4) is 0 Å². The first-order valence-corrected chi connectivity index (χ1v) is 12.4. The van der Waals surface area contributed by atoms with Crippen molar-refractivity contribution in [2.75, 3.05) is 0 Å². The predicted octanol–water partition coefficient (Wildman–Crippen LogP) is 5.29. The number of likely N-dealkylation sites (tertiary alicyclic amines) is 1. The highest BCUT2D eigenvalue weighted by atomic mass is 28.4. The van der Waals surface area contributed by atoms with Crippen molar-refractivity contribution in [2.24, 2.45) is 0 Å². The van der Waals surface area contributed by atoms with Crippen LogP contribution in [0.3, 0.4) is 0 Å². The van der Waals surface area contributed by atoms with E-state index in [4.69, 9.17) is 9.16 Å². The molecule has 6 heteroatoms. The van der Waals surface area contributed by atoms with E-state index in [0.717, 1.165) is 5.56 Å². The summed E-state index contributed by atoms with van der Waals surface area (Å²) < 4.78 is 11.9. The van der Waals surface area contributed by atoms with Gasteiger partial charge in [0.25, 0.3) is 5.91 Å². The largest absolute Gasteiger partial charge is 0.443 e. The van der Waals surface area contributed by atoms with Crippen molar-refractivity contribution < 1.29 is 18.8 Å². The minimum Gasteiger partial charge on any atom is -0.443 e. The van der Waals surface area contributed by atoms with Gasteiger partial charge in [0.2, 0.25) is 0 Å². The average Bonchev–Trinajstić information content (AvgIpc) is 2.82. The van der Waals surface area contributed by atoms with Crippen molar-refractivity contribution in [3.05, 3.63) is 35.9 Å². The zero-order valence-corrected chi connectivity index (χ0v) is 18.8. The number of nitrogens with zero attached hydrogens (tertiary/aromatic N) is 1. The molecule has 1 aromatic carbocycles. The summed E-state index contributed by atoms with van der Waals surface area (Å²) in [4.78, 5) is 27.2. The number of hydrogen-bond acceptors (Lipinski definition) is 4. The van der Waals surface area contributed by atoms with Crippen LogP contribution in [0.1, 0.15) is 59.6 Å². The lowest BCUT2D eigenvalue weighted by atomic mass is 10.0. The summed E-state index contributed by atoms with van der Waals surface area (Å²) in [5.41, 5.74) is 0.245. The fourth-order valence-corrected chi connectivity index (χ4v) is 4.10. The van der Waals surface area contributed by atoms with Crippen LogP contribution in [0.15, 0.2) is 30.3 Å². The quantitative estimate of drug-likeness (QED) is 0.657. The maximum Gasteiger partial charge on any atom is 0.417 e. The van der Waals surface area contributed by atoms with Crippen LogP contribution in [0.25, 0.3) is 0 Å². The van der Waals surface area contributed by atoms with E-state index in [1.807, 2.05) is 30.3 Å². The average molecular weight is 392 g/mol. The molecule has 1 heterocycles. The molecule has 0 spiro atoms. The van der Waals surface area contributed by atoms with E-state index in [1.165, 1.54) is 4.90 Å². The van der Waals surface area contributed by atoms with Crippen LogP contribution < -0.4 is 0 Å². The van der Waals surface area contributed by atoms with E-state index >= 15 is 0 Å². The summed E-state index contributed by atoms with van der Waals surface area (Å²) in [5.74, 6) is -0.303. The topological polar surface area (TPSA) is 55.8 Å². The van der Waals surface area contributed by atoms with E-state index in [1.54, 1.807) is 20.8 Å². The summed E-state index contributed by atoms with van der Waals surface area (Å²) >= 11 is 0. The molecule has 0 unspecified atom stereocenters. The zero-order valence-electron chi connectivity index (χ0n) is 17.8. The minimum absolute atomic E-state index is 0.0190. The molecule has 1 aromatic rings. The highest BCUT2D eigenvalue weighted by molar-refractivity contribution is 6.74. The monoisotopic (exact) mass is 391 g/mol. The second-order valence-electron chi connectivity index (χ2n) is 9.72. The zero-order chi connectivity index (χ0) is 20.6. The van der Waals surface area contributed by atoms with Crippen LogP contribution in [-0.2, 0) is 14.0 Å². The van der Waals surface area contributed by atoms with Crippen LogP contribution >= 0.6 is 0 Å². The molecule has 1 fully saturated rings. The predicted molar refractivity (Wildman–Crippen MR) is 109 cm³/mol. The molecule has 2 rings (SSSR count). The molecule has 2 atom stereocenters. The number of carbonyl (C=O) groups excluding carboxylic acids is 2. The SMILES string of the molecule is CC(C)(C)OC(=O)N1C(=O)[C@H](O[Si](C)(C)C(C)(C)C)C[C@@H]1c1ccccc1. The summed E-state index contributed by atoms with van der Waals surface area (Å²) in [7, 11) is -2.15. The van der Waals surface area contributed by atoms with Gasteiger partial charge in [-0.1, -0.05) is 51.1 Å². The Kier molecular flexibility index (Phi) is 5.93. The van der Waals surface area contributed by atoms with E-state index in [2.05, 4.69) is 33.9 Å². The summed E-state index contributed by atoms with van der Waals surface area (Å²) in [6, 6.07) is 9.24. The minimum atomic E-state index is -2.15. The smallest absolute Gasteiger partial charge is 0.417 e. The molecule has 27 heavy (non-hydrogen) atoms. The van der Waals surface area contributed by atoms with Gasteiger partial charge in [0.15, 0.2) is 8.32 Å². The van der Waals surface area contributed by atoms with Gasteiger partial charge in [-0.2, -0.15) is 0 Å². The van der Waals surface area contributed by atoms with Crippen LogP contribution in [0.4, 0.5) is 4.79 Å². The molecule has 5 nitrogen and oxygen atoms in total. The summed E-state index contributed by atoms with van der Waals surface area (Å²) in [6.07, 6.45) is -0.777. The first-order valence-electron chi connectivity index (χ1n) is 9.52. The van der Waals surface area contributed by atoms with Crippen LogP contribution in [0, 0.1) is 0 Å². The second kappa shape index (κ2) is 7.39. The molecule has 1 saturated heterocycles. The first-order chi connectivity index (χ1) is 12.2. The molecule has 0 radical (unpaired) electrons. The van der Waals surface area contributed by atoms with Gasteiger partial charge in [-0.05, 0) is 44.5 Å². The van der Waals surface area contributed by atoms with Crippen molar-refractivity contribution in [3.63, 3.8) is 0 Å². The number of imide groups is 1. The summed E-state index contributed by atoms with van der Waals surface area (Å²) in [6.45, 7) is 16.0. The number of amides is 2. The summed E-state index contributed by atoms with van der Waals surface area (Å²) in [5, 5.41) is -0.0190. The molecule has 0 aliphatic carbocycles. The lowest BCUT2D eigenvalue weighted by Gasteiger charge is -2.37. The van der Waals surface area contributed by atoms with Crippen molar-refractivity contribution >= 4 is 20.3 Å². The van der Waals surface area contributed by atoms with E-state index < -0.39 is 26.1 Å². The normalized spacial score (nSPS) is 21.5. The Hall–Kier alpha value is -1.66. The number of carbonyl (C=O) groups is 2. The van der Waals surface area contributed by atoms with Gasteiger partial charge in [-0.3, -0.25) is 4.79 Å². The Balaban J connectivity index is 2.34. The third kappa shape index (κ3) is 4.99. The second-order valence-corrected chi connectivity index (χ2v) is 14.5. The molecule has 0 aromatic heterocycles. The van der Waals surface area contributed by atoms with Gasteiger partial charge >= 0.3 is 6.09 Å². The lowest BCUT2D eigenvalue weighted by Crippen LogP contribution is -2.47. The van der Waals surface area contributed by atoms with Crippen molar-refractivity contribution in [1.29, 1.82) is 0 Å². The number of benzene rings is 1. The van der Waals surface area contributed by atoms with Crippen LogP contribution in [0.2, 0.25) is 18.1 Å². The number of ether oxygens (including phenoxy) is 1. The third-order valence-electron chi connectivity index (χ3n) is 5.28. The molecule has 1 aliphatic heterocycles.